The standard InChI is InChI=1S/C17H23BrN2O/c1-2-3-4-5-6-7-8-9-16-19-17(21-20-16)14-10-12-15(18)13-11-14/h10-13H,2-9H2,1H3. The highest BCUT2D eigenvalue weighted by atomic mass is 79.9. The van der Waals surface area contributed by atoms with Crippen LogP contribution in [0.1, 0.15) is 57.7 Å². The Morgan fingerprint density at radius 3 is 2.33 bits per heavy atom. The summed E-state index contributed by atoms with van der Waals surface area (Å²) in [5.74, 6) is 1.43. The molecule has 0 saturated carbocycles. The van der Waals surface area contributed by atoms with E-state index in [0.717, 1.165) is 28.7 Å². The molecule has 3 nitrogen and oxygen atoms in total. The van der Waals surface area contributed by atoms with E-state index in [2.05, 4.69) is 33.0 Å². The van der Waals surface area contributed by atoms with Gasteiger partial charge in [0.2, 0.25) is 0 Å². The first-order chi connectivity index (χ1) is 10.3. The lowest BCUT2D eigenvalue weighted by Gasteiger charge is -1.98. The zero-order valence-corrected chi connectivity index (χ0v) is 14.2. The number of halogens is 1. The Kier molecular flexibility index (Phi) is 6.93. The lowest BCUT2D eigenvalue weighted by molar-refractivity contribution is 0.421. The summed E-state index contributed by atoms with van der Waals surface area (Å²) in [5.41, 5.74) is 0.969. The van der Waals surface area contributed by atoms with Gasteiger partial charge in [-0.2, -0.15) is 4.98 Å². The maximum absolute atomic E-state index is 5.32. The fourth-order valence-corrected chi connectivity index (χ4v) is 2.57. The summed E-state index contributed by atoms with van der Waals surface area (Å²) in [7, 11) is 0. The summed E-state index contributed by atoms with van der Waals surface area (Å²) in [5, 5.41) is 4.06. The molecule has 0 atom stereocenters. The zero-order chi connectivity index (χ0) is 14.9. The van der Waals surface area contributed by atoms with E-state index in [0.29, 0.717) is 5.89 Å². The van der Waals surface area contributed by atoms with E-state index < -0.39 is 0 Å². The average Bonchev–Trinajstić information content (AvgIpc) is 2.96. The molecule has 2 aromatic rings. The van der Waals surface area contributed by atoms with E-state index in [4.69, 9.17) is 4.52 Å². The summed E-state index contributed by atoms with van der Waals surface area (Å²) >= 11 is 3.42. The molecular formula is C17H23BrN2O. The van der Waals surface area contributed by atoms with Crippen molar-refractivity contribution < 1.29 is 4.52 Å². The van der Waals surface area contributed by atoms with Crippen LogP contribution >= 0.6 is 15.9 Å². The van der Waals surface area contributed by atoms with E-state index in [-0.39, 0.29) is 0 Å². The second-order valence-corrected chi connectivity index (χ2v) is 6.31. The molecule has 0 aliphatic carbocycles. The van der Waals surface area contributed by atoms with Gasteiger partial charge in [0.1, 0.15) is 0 Å². The van der Waals surface area contributed by atoms with Crippen LogP contribution in [0, 0.1) is 0 Å². The van der Waals surface area contributed by atoms with Gasteiger partial charge in [-0.05, 0) is 30.7 Å². The molecule has 21 heavy (non-hydrogen) atoms. The van der Waals surface area contributed by atoms with Crippen LogP contribution in [0.4, 0.5) is 0 Å². The number of aryl methyl sites for hydroxylation is 1. The lowest BCUT2D eigenvalue weighted by atomic mass is 10.1. The highest BCUT2D eigenvalue weighted by Gasteiger charge is 2.08. The Labute approximate surface area is 135 Å². The number of hydrogen-bond donors (Lipinski definition) is 0. The first-order valence-electron chi connectivity index (χ1n) is 7.88. The maximum atomic E-state index is 5.32. The summed E-state index contributed by atoms with van der Waals surface area (Å²) in [6.07, 6.45) is 10.0. The van der Waals surface area contributed by atoms with Crippen molar-refractivity contribution in [2.24, 2.45) is 0 Å². The van der Waals surface area contributed by atoms with Crippen molar-refractivity contribution >= 4 is 15.9 Å². The smallest absolute Gasteiger partial charge is 0.257 e. The van der Waals surface area contributed by atoms with Crippen molar-refractivity contribution in [2.75, 3.05) is 0 Å². The number of unbranched alkanes of at least 4 members (excludes halogenated alkanes) is 6. The Morgan fingerprint density at radius 2 is 1.62 bits per heavy atom. The third-order valence-electron chi connectivity index (χ3n) is 3.56. The normalized spacial score (nSPS) is 11.0. The molecule has 1 heterocycles. The first kappa shape index (κ1) is 16.2. The van der Waals surface area contributed by atoms with Crippen LogP contribution in [0.3, 0.4) is 0 Å². The number of aromatic nitrogens is 2. The van der Waals surface area contributed by atoms with E-state index in [1.807, 2.05) is 24.3 Å². The van der Waals surface area contributed by atoms with Crippen LogP contribution in [0.25, 0.3) is 11.5 Å². The zero-order valence-electron chi connectivity index (χ0n) is 12.6. The van der Waals surface area contributed by atoms with Crippen LogP contribution in [0.2, 0.25) is 0 Å². The highest BCUT2D eigenvalue weighted by molar-refractivity contribution is 9.10. The van der Waals surface area contributed by atoms with Crippen molar-refractivity contribution in [3.05, 3.63) is 34.6 Å². The van der Waals surface area contributed by atoms with E-state index in [1.54, 1.807) is 0 Å². The van der Waals surface area contributed by atoms with Crippen LogP contribution in [0.5, 0.6) is 0 Å². The molecule has 1 aromatic heterocycles. The molecule has 0 aliphatic rings. The molecule has 0 spiro atoms. The van der Waals surface area contributed by atoms with Crippen molar-refractivity contribution in [1.29, 1.82) is 0 Å². The third-order valence-corrected chi connectivity index (χ3v) is 4.09. The third kappa shape index (κ3) is 5.62. The fourth-order valence-electron chi connectivity index (χ4n) is 2.31. The second kappa shape index (κ2) is 8.98. The Morgan fingerprint density at radius 1 is 0.952 bits per heavy atom. The highest BCUT2D eigenvalue weighted by Crippen LogP contribution is 2.20. The van der Waals surface area contributed by atoms with Crippen LogP contribution < -0.4 is 0 Å². The minimum atomic E-state index is 0.612. The van der Waals surface area contributed by atoms with Crippen LogP contribution in [-0.4, -0.2) is 10.1 Å². The van der Waals surface area contributed by atoms with Gasteiger partial charge in [0.25, 0.3) is 5.89 Å². The predicted molar refractivity (Wildman–Crippen MR) is 89.1 cm³/mol. The Hall–Kier alpha value is -1.16. The number of benzene rings is 1. The van der Waals surface area contributed by atoms with Gasteiger partial charge in [-0.3, -0.25) is 0 Å². The van der Waals surface area contributed by atoms with Gasteiger partial charge in [0.05, 0.1) is 0 Å². The fraction of sp³-hybridized carbons (Fsp3) is 0.529. The summed E-state index contributed by atoms with van der Waals surface area (Å²) < 4.78 is 6.37. The van der Waals surface area contributed by atoms with Gasteiger partial charge >= 0.3 is 0 Å². The number of rotatable bonds is 9. The summed E-state index contributed by atoms with van der Waals surface area (Å²) in [6, 6.07) is 7.93. The van der Waals surface area contributed by atoms with Crippen molar-refractivity contribution in [2.45, 2.75) is 58.3 Å². The summed E-state index contributed by atoms with van der Waals surface area (Å²) in [4.78, 5) is 4.46. The molecule has 0 bridgehead atoms. The molecule has 4 heteroatoms. The van der Waals surface area contributed by atoms with Gasteiger partial charge in [0, 0.05) is 16.5 Å². The molecule has 0 fully saturated rings. The predicted octanol–water partition coefficient (Wildman–Crippen LogP) is 5.79. The van der Waals surface area contributed by atoms with Crippen molar-refractivity contribution in [1.82, 2.24) is 10.1 Å². The monoisotopic (exact) mass is 350 g/mol. The number of nitrogens with zero attached hydrogens (tertiary/aromatic N) is 2. The second-order valence-electron chi connectivity index (χ2n) is 5.39. The van der Waals surface area contributed by atoms with Gasteiger partial charge in [-0.15, -0.1) is 0 Å². The molecule has 0 saturated heterocycles. The quantitative estimate of drug-likeness (QED) is 0.537. The van der Waals surface area contributed by atoms with Gasteiger partial charge in [-0.1, -0.05) is 66.5 Å². The Balaban J connectivity index is 1.72. The molecule has 0 radical (unpaired) electrons. The summed E-state index contributed by atoms with van der Waals surface area (Å²) in [6.45, 7) is 2.25. The van der Waals surface area contributed by atoms with Gasteiger partial charge in [-0.25, -0.2) is 0 Å². The maximum Gasteiger partial charge on any atom is 0.257 e. The number of hydrogen-bond acceptors (Lipinski definition) is 3. The molecule has 0 N–H and O–H groups in total. The molecule has 2 rings (SSSR count). The minimum absolute atomic E-state index is 0.612. The minimum Gasteiger partial charge on any atom is -0.334 e. The van der Waals surface area contributed by atoms with Gasteiger partial charge in [0.15, 0.2) is 5.82 Å². The molecule has 0 amide bonds. The molecule has 0 unspecified atom stereocenters. The molecule has 114 valence electrons. The van der Waals surface area contributed by atoms with E-state index in [9.17, 15) is 0 Å². The van der Waals surface area contributed by atoms with Gasteiger partial charge < -0.3 is 4.52 Å². The Bertz CT molecular complexity index is 522. The SMILES string of the molecule is CCCCCCCCCc1noc(-c2ccc(Br)cc2)n1. The van der Waals surface area contributed by atoms with Crippen molar-refractivity contribution in [3.8, 4) is 11.5 Å². The van der Waals surface area contributed by atoms with Crippen LogP contribution in [0.15, 0.2) is 33.3 Å². The first-order valence-corrected chi connectivity index (χ1v) is 8.67. The molecule has 0 aliphatic heterocycles. The lowest BCUT2D eigenvalue weighted by Crippen LogP contribution is -1.89. The topological polar surface area (TPSA) is 38.9 Å². The average molecular weight is 351 g/mol. The molecular weight excluding hydrogens is 328 g/mol. The molecule has 1 aromatic carbocycles. The van der Waals surface area contributed by atoms with E-state index in [1.165, 1.54) is 38.5 Å². The largest absolute Gasteiger partial charge is 0.334 e. The van der Waals surface area contributed by atoms with E-state index >= 15 is 0 Å². The van der Waals surface area contributed by atoms with Crippen LogP contribution in [-0.2, 0) is 6.42 Å². The van der Waals surface area contributed by atoms with Crippen molar-refractivity contribution in [3.63, 3.8) is 0 Å².